The van der Waals surface area contributed by atoms with Gasteiger partial charge in [0, 0.05) is 12.7 Å². The quantitative estimate of drug-likeness (QED) is 0.0580. The minimum atomic E-state index is -0.928. The Bertz CT molecular complexity index is 2270. The summed E-state index contributed by atoms with van der Waals surface area (Å²) in [4.78, 5) is 0. The van der Waals surface area contributed by atoms with Gasteiger partial charge in [0.05, 0.1) is 52.9 Å². The first-order chi connectivity index (χ1) is 32.6. The topological polar surface area (TPSA) is 92.3 Å². The average Bonchev–Trinajstić information content (AvgIpc) is 3.37. The summed E-state index contributed by atoms with van der Waals surface area (Å²) >= 11 is 0. The van der Waals surface area contributed by atoms with Gasteiger partial charge in [-0.05, 0) is 33.4 Å². The van der Waals surface area contributed by atoms with Gasteiger partial charge in [0.15, 0.2) is 12.6 Å². The lowest BCUT2D eigenvalue weighted by molar-refractivity contribution is -0.330. The van der Waals surface area contributed by atoms with Crippen LogP contribution in [0.15, 0.2) is 194 Å². The van der Waals surface area contributed by atoms with E-state index in [1.54, 1.807) is 7.11 Å². The Labute approximate surface area is 388 Å². The van der Waals surface area contributed by atoms with Crippen LogP contribution in [0.5, 0.6) is 0 Å². The Morgan fingerprint density at radius 1 is 0.379 bits per heavy atom. The van der Waals surface area contributed by atoms with E-state index in [2.05, 4.69) is 6.58 Å². The van der Waals surface area contributed by atoms with Crippen molar-refractivity contribution in [2.45, 2.75) is 94.9 Å². The van der Waals surface area contributed by atoms with E-state index in [1.807, 2.05) is 182 Å². The van der Waals surface area contributed by atoms with E-state index in [4.69, 9.17) is 47.4 Å². The molecular formula is C56H60O10. The molecule has 0 saturated carbocycles. The third-order valence-electron chi connectivity index (χ3n) is 11.7. The Morgan fingerprint density at radius 2 is 0.742 bits per heavy atom. The van der Waals surface area contributed by atoms with Gasteiger partial charge < -0.3 is 47.4 Å². The molecule has 6 aromatic rings. The lowest BCUT2D eigenvalue weighted by Gasteiger charge is -2.46. The molecule has 8 rings (SSSR count). The molecule has 10 nitrogen and oxygen atoms in total. The molecule has 9 atom stereocenters. The normalized spacial score (nSPS) is 24.3. The molecule has 0 spiro atoms. The molecule has 10 heteroatoms. The molecule has 2 heterocycles. The molecule has 2 aliphatic rings. The minimum Gasteiger partial charge on any atom is -0.374 e. The molecular weight excluding hydrogens is 833 g/mol. The third-order valence-corrected chi connectivity index (χ3v) is 11.7. The maximum Gasteiger partial charge on any atom is 0.186 e. The summed E-state index contributed by atoms with van der Waals surface area (Å²) in [6.45, 7) is 6.75. The largest absolute Gasteiger partial charge is 0.374 e. The fraction of sp³-hybridized carbons (Fsp3) is 0.321. The van der Waals surface area contributed by atoms with Crippen molar-refractivity contribution < 1.29 is 47.4 Å². The van der Waals surface area contributed by atoms with Crippen molar-refractivity contribution in [2.75, 3.05) is 20.3 Å². The van der Waals surface area contributed by atoms with Crippen LogP contribution >= 0.6 is 0 Å². The fourth-order valence-corrected chi connectivity index (χ4v) is 8.19. The molecule has 344 valence electrons. The highest BCUT2D eigenvalue weighted by Gasteiger charge is 2.50. The maximum atomic E-state index is 6.85. The van der Waals surface area contributed by atoms with Gasteiger partial charge in [-0.25, -0.2) is 0 Å². The molecule has 0 N–H and O–H groups in total. The lowest BCUT2D eigenvalue weighted by Crippen LogP contribution is -2.62. The van der Waals surface area contributed by atoms with E-state index in [9.17, 15) is 0 Å². The summed E-state index contributed by atoms with van der Waals surface area (Å²) in [5.41, 5.74) is 6.66. The summed E-state index contributed by atoms with van der Waals surface area (Å²) in [5.74, 6) is 0. The van der Waals surface area contributed by atoms with Crippen LogP contribution in [0.3, 0.4) is 0 Å². The number of hydrogen-bond acceptors (Lipinski definition) is 10. The fourth-order valence-electron chi connectivity index (χ4n) is 8.19. The first-order valence-electron chi connectivity index (χ1n) is 22.6. The molecule has 0 aliphatic carbocycles. The zero-order valence-corrected chi connectivity index (χ0v) is 37.5. The van der Waals surface area contributed by atoms with E-state index in [1.165, 1.54) is 0 Å². The molecule has 0 bridgehead atoms. The van der Waals surface area contributed by atoms with Gasteiger partial charge in [-0.2, -0.15) is 0 Å². The molecule has 0 unspecified atom stereocenters. The van der Waals surface area contributed by atoms with E-state index >= 15 is 0 Å². The van der Waals surface area contributed by atoms with E-state index in [0.717, 1.165) is 33.4 Å². The highest BCUT2D eigenvalue weighted by atomic mass is 16.7. The maximum absolute atomic E-state index is 6.85. The molecule has 6 aromatic carbocycles. The molecule has 2 aliphatic heterocycles. The second kappa shape index (κ2) is 25.0. The summed E-state index contributed by atoms with van der Waals surface area (Å²) in [7, 11) is 1.61. The summed E-state index contributed by atoms with van der Waals surface area (Å²) in [6, 6.07) is 60.2. The standard InChI is InChI=1S/C56H60O10/c1-41-50(59-34-43-23-11-4-12-24-43)51(60-35-44-25-13-5-14-26-44)48(39-58-33-42-21-9-3-10-22-42)65-55(41)64-40-49-52(61-36-45-27-15-6-16-28-45)53(62-37-46-29-17-7-18-30-46)54(56(57-2)66-49)63-38-47-31-19-8-20-32-47/h3-32,48-56H,1,33-40H2,2H3/t48-,49-,50-,51+,52-,53+,54-,55+,56+/m1/s1. The van der Waals surface area contributed by atoms with Gasteiger partial charge >= 0.3 is 0 Å². The van der Waals surface area contributed by atoms with E-state index in [0.29, 0.717) is 45.2 Å². The van der Waals surface area contributed by atoms with Gasteiger partial charge in [-0.15, -0.1) is 0 Å². The molecule has 0 aromatic heterocycles. The van der Waals surface area contributed by atoms with Crippen molar-refractivity contribution in [1.82, 2.24) is 0 Å². The highest BCUT2D eigenvalue weighted by molar-refractivity contribution is 5.20. The molecule has 2 saturated heterocycles. The van der Waals surface area contributed by atoms with Gasteiger partial charge in [-0.1, -0.05) is 189 Å². The van der Waals surface area contributed by atoms with Crippen LogP contribution in [-0.2, 0) is 87.0 Å². The average molecular weight is 893 g/mol. The predicted octanol–water partition coefficient (Wildman–Crippen LogP) is 9.80. The minimum absolute atomic E-state index is 0.0259. The lowest BCUT2D eigenvalue weighted by atomic mass is 9.96. The van der Waals surface area contributed by atoms with Crippen molar-refractivity contribution in [1.29, 1.82) is 0 Å². The molecule has 2 fully saturated rings. The predicted molar refractivity (Wildman–Crippen MR) is 251 cm³/mol. The molecule has 0 radical (unpaired) electrons. The van der Waals surface area contributed by atoms with E-state index < -0.39 is 55.3 Å². The highest BCUT2D eigenvalue weighted by Crippen LogP contribution is 2.35. The first kappa shape index (κ1) is 47.2. The third kappa shape index (κ3) is 13.4. The van der Waals surface area contributed by atoms with Crippen molar-refractivity contribution in [3.05, 3.63) is 228 Å². The van der Waals surface area contributed by atoms with Crippen LogP contribution in [-0.4, -0.2) is 75.6 Å². The number of rotatable bonds is 23. The van der Waals surface area contributed by atoms with Crippen molar-refractivity contribution in [2.24, 2.45) is 0 Å². The number of methoxy groups -OCH3 is 1. The van der Waals surface area contributed by atoms with Crippen LogP contribution in [0.4, 0.5) is 0 Å². The van der Waals surface area contributed by atoms with Crippen LogP contribution in [0.2, 0.25) is 0 Å². The molecule has 0 amide bonds. The van der Waals surface area contributed by atoms with Crippen molar-refractivity contribution in [3.63, 3.8) is 0 Å². The van der Waals surface area contributed by atoms with Crippen LogP contribution in [0.25, 0.3) is 0 Å². The Balaban J connectivity index is 1.07. The Kier molecular flexibility index (Phi) is 17.8. The second-order valence-corrected chi connectivity index (χ2v) is 16.5. The van der Waals surface area contributed by atoms with Gasteiger partial charge in [0.1, 0.15) is 42.7 Å². The summed E-state index contributed by atoms with van der Waals surface area (Å²) in [6.07, 6.45) is -6.24. The first-order valence-corrected chi connectivity index (χ1v) is 22.6. The van der Waals surface area contributed by atoms with Crippen LogP contribution in [0, 0.1) is 0 Å². The monoisotopic (exact) mass is 892 g/mol. The van der Waals surface area contributed by atoms with Crippen LogP contribution < -0.4 is 0 Å². The summed E-state index contributed by atoms with van der Waals surface area (Å²) in [5, 5.41) is 0. The van der Waals surface area contributed by atoms with E-state index in [-0.39, 0.29) is 13.2 Å². The SMILES string of the molecule is C=C1[C@@H](OC[C@H]2O[C@H](OC)[C@H](OCc3ccccc3)[C@@H](OCc3ccccc3)[C@@H]2OCc2ccccc2)O[C@H](COCc2ccccc2)[C@H](OCc2ccccc2)[C@@H]1OCc1ccccc1. The zero-order chi connectivity index (χ0) is 45.2. The Hall–Kier alpha value is -5.34. The second-order valence-electron chi connectivity index (χ2n) is 16.5. The van der Waals surface area contributed by atoms with Crippen molar-refractivity contribution in [3.8, 4) is 0 Å². The van der Waals surface area contributed by atoms with Gasteiger partial charge in [0.25, 0.3) is 0 Å². The number of ether oxygens (including phenoxy) is 10. The summed E-state index contributed by atoms with van der Waals surface area (Å²) < 4.78 is 66.7. The van der Waals surface area contributed by atoms with Gasteiger partial charge in [0.2, 0.25) is 0 Å². The van der Waals surface area contributed by atoms with Crippen molar-refractivity contribution >= 4 is 0 Å². The number of hydrogen-bond donors (Lipinski definition) is 0. The molecule has 66 heavy (non-hydrogen) atoms. The number of benzene rings is 6. The Morgan fingerprint density at radius 3 is 1.18 bits per heavy atom. The van der Waals surface area contributed by atoms with Crippen LogP contribution in [0.1, 0.15) is 33.4 Å². The smallest absolute Gasteiger partial charge is 0.186 e. The zero-order valence-electron chi connectivity index (χ0n) is 37.5. The van der Waals surface area contributed by atoms with Gasteiger partial charge in [-0.3, -0.25) is 0 Å².